The fourth-order valence-electron chi connectivity index (χ4n) is 1.25. The zero-order valence-electron chi connectivity index (χ0n) is 6.76. The van der Waals surface area contributed by atoms with Gasteiger partial charge in [0.05, 0.1) is 10.6 Å². The van der Waals surface area contributed by atoms with Crippen LogP contribution in [0.3, 0.4) is 0 Å². The third-order valence-corrected chi connectivity index (χ3v) is 2.92. The van der Waals surface area contributed by atoms with Crippen LogP contribution in [0, 0.1) is 6.92 Å². The summed E-state index contributed by atoms with van der Waals surface area (Å²) in [7, 11) is 0. The van der Waals surface area contributed by atoms with Crippen molar-refractivity contribution in [3.8, 4) is 0 Å². The Morgan fingerprint density at radius 2 is 2.42 bits per heavy atom. The molecule has 0 aliphatic carbocycles. The van der Waals surface area contributed by atoms with Crippen molar-refractivity contribution in [1.82, 2.24) is 5.32 Å². The number of aryl methyl sites for hydroxylation is 1. The molecule has 1 aromatic heterocycles. The van der Waals surface area contributed by atoms with E-state index in [1.165, 1.54) is 10.4 Å². The minimum Gasteiger partial charge on any atom is -0.325 e. The Labute approximate surface area is 74.9 Å². The molecule has 0 aromatic carbocycles. The van der Waals surface area contributed by atoms with Gasteiger partial charge in [-0.25, -0.2) is 0 Å². The van der Waals surface area contributed by atoms with Gasteiger partial charge in [0, 0.05) is 6.42 Å². The third kappa shape index (κ3) is 1.16. The lowest BCUT2D eigenvalue weighted by Gasteiger charge is -2.00. The van der Waals surface area contributed by atoms with Crippen LogP contribution in [0.2, 0.25) is 0 Å². The molecule has 3 heteroatoms. The quantitative estimate of drug-likeness (QED) is 0.701. The fraction of sp³-hybridized carbons (Fsp3) is 0.222. The van der Waals surface area contributed by atoms with Gasteiger partial charge in [0.1, 0.15) is 0 Å². The van der Waals surface area contributed by atoms with Crippen LogP contribution in [0.15, 0.2) is 17.5 Å². The number of nitrogens with one attached hydrogen (secondary N) is 1. The molecule has 1 N–H and O–H groups in total. The standard InChI is InChI=1S/C9H9NOS/c1-6-4-5-12-9(6)7-2-3-8(11)10-7/h2,4-5H,3H2,1H3,(H,10,11). The van der Waals surface area contributed by atoms with Crippen LogP contribution in [-0.4, -0.2) is 5.91 Å². The van der Waals surface area contributed by atoms with Gasteiger partial charge in [-0.05, 0) is 23.9 Å². The summed E-state index contributed by atoms with van der Waals surface area (Å²) >= 11 is 1.67. The van der Waals surface area contributed by atoms with E-state index in [1.54, 1.807) is 11.3 Å². The molecule has 12 heavy (non-hydrogen) atoms. The Bertz CT molecular complexity index is 351. The second kappa shape index (κ2) is 2.75. The highest BCUT2D eigenvalue weighted by molar-refractivity contribution is 7.11. The van der Waals surface area contributed by atoms with Gasteiger partial charge in [0.25, 0.3) is 0 Å². The van der Waals surface area contributed by atoms with Crippen molar-refractivity contribution in [2.24, 2.45) is 0 Å². The summed E-state index contributed by atoms with van der Waals surface area (Å²) < 4.78 is 0. The molecule has 1 aliphatic rings. The second-order valence-electron chi connectivity index (χ2n) is 2.80. The number of amides is 1. The number of hydrogen-bond acceptors (Lipinski definition) is 2. The monoisotopic (exact) mass is 179 g/mol. The Kier molecular flexibility index (Phi) is 1.73. The zero-order valence-corrected chi connectivity index (χ0v) is 7.57. The maximum Gasteiger partial charge on any atom is 0.228 e. The van der Waals surface area contributed by atoms with Crippen LogP contribution >= 0.6 is 11.3 Å². The van der Waals surface area contributed by atoms with E-state index in [4.69, 9.17) is 0 Å². The van der Waals surface area contributed by atoms with Crippen LogP contribution < -0.4 is 5.32 Å². The van der Waals surface area contributed by atoms with E-state index in [0.717, 1.165) is 5.70 Å². The molecular weight excluding hydrogens is 170 g/mol. The Morgan fingerprint density at radius 3 is 2.92 bits per heavy atom. The lowest BCUT2D eigenvalue weighted by atomic mass is 10.2. The minimum absolute atomic E-state index is 0.0952. The predicted octanol–water partition coefficient (Wildman–Crippen LogP) is 1.92. The molecule has 1 aromatic rings. The molecule has 0 bridgehead atoms. The topological polar surface area (TPSA) is 29.1 Å². The average molecular weight is 179 g/mol. The van der Waals surface area contributed by atoms with Crippen LogP contribution in [0.25, 0.3) is 5.70 Å². The van der Waals surface area contributed by atoms with Gasteiger partial charge >= 0.3 is 0 Å². The molecule has 0 saturated heterocycles. The van der Waals surface area contributed by atoms with Crippen molar-refractivity contribution in [2.45, 2.75) is 13.3 Å². The maximum absolute atomic E-state index is 10.9. The third-order valence-electron chi connectivity index (χ3n) is 1.87. The Balaban J connectivity index is 2.33. The van der Waals surface area contributed by atoms with E-state index in [-0.39, 0.29) is 5.91 Å². The lowest BCUT2D eigenvalue weighted by Crippen LogP contribution is -2.13. The van der Waals surface area contributed by atoms with Crippen LogP contribution in [0.5, 0.6) is 0 Å². The van der Waals surface area contributed by atoms with Crippen LogP contribution in [0.4, 0.5) is 0 Å². The van der Waals surface area contributed by atoms with Crippen molar-refractivity contribution >= 4 is 22.9 Å². The van der Waals surface area contributed by atoms with Crippen molar-refractivity contribution in [3.05, 3.63) is 28.0 Å². The second-order valence-corrected chi connectivity index (χ2v) is 3.72. The summed E-state index contributed by atoms with van der Waals surface area (Å²) in [6.45, 7) is 2.05. The normalized spacial score (nSPS) is 16.1. The molecule has 0 spiro atoms. The molecule has 1 aliphatic heterocycles. The highest BCUT2D eigenvalue weighted by atomic mass is 32.1. The SMILES string of the molecule is Cc1ccsc1C1=CCC(=O)N1. The molecule has 2 rings (SSSR count). The molecule has 1 amide bonds. The average Bonchev–Trinajstić information content (AvgIpc) is 2.58. The van der Waals surface area contributed by atoms with Gasteiger partial charge in [0.2, 0.25) is 5.91 Å². The number of carbonyl (C=O) groups is 1. The van der Waals surface area contributed by atoms with Gasteiger partial charge < -0.3 is 5.32 Å². The zero-order chi connectivity index (χ0) is 8.55. The molecule has 0 saturated carbocycles. The summed E-state index contributed by atoms with van der Waals surface area (Å²) in [5.41, 5.74) is 2.21. The predicted molar refractivity (Wildman–Crippen MR) is 49.8 cm³/mol. The smallest absolute Gasteiger partial charge is 0.228 e. The molecule has 62 valence electrons. The van der Waals surface area contributed by atoms with Crippen molar-refractivity contribution in [3.63, 3.8) is 0 Å². The number of hydrogen-bond donors (Lipinski definition) is 1. The van der Waals surface area contributed by atoms with Gasteiger partial charge in [-0.3, -0.25) is 4.79 Å². The van der Waals surface area contributed by atoms with Crippen LogP contribution in [0.1, 0.15) is 16.9 Å². The van der Waals surface area contributed by atoms with E-state index in [2.05, 4.69) is 18.3 Å². The summed E-state index contributed by atoms with van der Waals surface area (Å²) in [6.07, 6.45) is 2.47. The van der Waals surface area contributed by atoms with Crippen molar-refractivity contribution in [1.29, 1.82) is 0 Å². The molecular formula is C9H9NOS. The highest BCUT2D eigenvalue weighted by Crippen LogP contribution is 2.25. The molecule has 0 unspecified atom stereocenters. The van der Waals surface area contributed by atoms with Crippen molar-refractivity contribution in [2.75, 3.05) is 0 Å². The van der Waals surface area contributed by atoms with Gasteiger partial charge in [0.15, 0.2) is 0 Å². The molecule has 2 nitrogen and oxygen atoms in total. The van der Waals surface area contributed by atoms with Crippen LogP contribution in [-0.2, 0) is 4.79 Å². The van der Waals surface area contributed by atoms with E-state index in [9.17, 15) is 4.79 Å². The van der Waals surface area contributed by atoms with Gasteiger partial charge in [-0.1, -0.05) is 6.08 Å². The summed E-state index contributed by atoms with van der Waals surface area (Å²) in [5, 5.41) is 4.87. The summed E-state index contributed by atoms with van der Waals surface area (Å²) in [5.74, 6) is 0.0952. The summed E-state index contributed by atoms with van der Waals surface area (Å²) in [4.78, 5) is 12.1. The van der Waals surface area contributed by atoms with Gasteiger partial charge in [-0.2, -0.15) is 0 Å². The first-order chi connectivity index (χ1) is 5.77. The fourth-order valence-corrected chi connectivity index (χ4v) is 2.17. The largest absolute Gasteiger partial charge is 0.325 e. The van der Waals surface area contributed by atoms with E-state index in [1.807, 2.05) is 11.5 Å². The number of rotatable bonds is 1. The first kappa shape index (κ1) is 7.55. The summed E-state index contributed by atoms with van der Waals surface area (Å²) in [6, 6.07) is 2.06. The Morgan fingerprint density at radius 1 is 1.58 bits per heavy atom. The van der Waals surface area contributed by atoms with E-state index in [0.29, 0.717) is 6.42 Å². The Hall–Kier alpha value is -1.09. The highest BCUT2D eigenvalue weighted by Gasteiger charge is 2.15. The first-order valence-corrected chi connectivity index (χ1v) is 4.70. The van der Waals surface area contributed by atoms with Gasteiger partial charge in [-0.15, -0.1) is 11.3 Å². The molecule has 2 heterocycles. The van der Waals surface area contributed by atoms with E-state index < -0.39 is 0 Å². The van der Waals surface area contributed by atoms with Crippen molar-refractivity contribution < 1.29 is 4.79 Å². The minimum atomic E-state index is 0.0952. The van der Waals surface area contributed by atoms with E-state index >= 15 is 0 Å². The molecule has 0 radical (unpaired) electrons. The number of carbonyl (C=O) groups excluding carboxylic acids is 1. The number of thiophene rings is 1. The first-order valence-electron chi connectivity index (χ1n) is 3.82. The lowest BCUT2D eigenvalue weighted by molar-refractivity contribution is -0.118. The maximum atomic E-state index is 10.9. The molecule has 0 fully saturated rings. The molecule has 0 atom stereocenters.